The van der Waals surface area contributed by atoms with E-state index < -0.39 is 9.84 Å². The van der Waals surface area contributed by atoms with Crippen LogP contribution >= 0.6 is 0 Å². The predicted molar refractivity (Wildman–Crippen MR) is 82.3 cm³/mol. The van der Waals surface area contributed by atoms with Crippen LogP contribution in [0.3, 0.4) is 0 Å². The lowest BCUT2D eigenvalue weighted by atomic mass is 10.3. The highest BCUT2D eigenvalue weighted by molar-refractivity contribution is 7.90. The zero-order chi connectivity index (χ0) is 15.3. The summed E-state index contributed by atoms with van der Waals surface area (Å²) in [5.41, 5.74) is 1.80. The second-order valence-corrected chi connectivity index (χ2v) is 6.61. The topological polar surface area (TPSA) is 68.3 Å². The van der Waals surface area contributed by atoms with Gasteiger partial charge >= 0.3 is 0 Å². The SMILES string of the molecule is CCNc1ccnc(COc2ccc(S(C)(=O)=O)cc2)c1. The number of benzene rings is 1. The van der Waals surface area contributed by atoms with Gasteiger partial charge in [0.1, 0.15) is 12.4 Å². The van der Waals surface area contributed by atoms with Crippen molar-refractivity contribution in [2.45, 2.75) is 18.4 Å². The van der Waals surface area contributed by atoms with E-state index in [-0.39, 0.29) is 4.90 Å². The smallest absolute Gasteiger partial charge is 0.175 e. The molecule has 0 fully saturated rings. The summed E-state index contributed by atoms with van der Waals surface area (Å²) < 4.78 is 28.3. The third-order valence-electron chi connectivity index (χ3n) is 2.84. The van der Waals surface area contributed by atoms with Crippen molar-refractivity contribution in [1.82, 2.24) is 4.98 Å². The van der Waals surface area contributed by atoms with Gasteiger partial charge in [-0.2, -0.15) is 0 Å². The van der Waals surface area contributed by atoms with Crippen molar-refractivity contribution in [3.63, 3.8) is 0 Å². The first kappa shape index (κ1) is 15.3. The predicted octanol–water partition coefficient (Wildman–Crippen LogP) is 2.50. The lowest BCUT2D eigenvalue weighted by molar-refractivity contribution is 0.301. The summed E-state index contributed by atoms with van der Waals surface area (Å²) in [5.74, 6) is 0.609. The van der Waals surface area contributed by atoms with E-state index in [1.54, 1.807) is 18.3 Å². The Morgan fingerprint density at radius 3 is 2.52 bits per heavy atom. The molecule has 112 valence electrons. The van der Waals surface area contributed by atoms with Crippen molar-refractivity contribution in [3.05, 3.63) is 48.3 Å². The van der Waals surface area contributed by atoms with E-state index in [2.05, 4.69) is 10.3 Å². The third-order valence-corrected chi connectivity index (χ3v) is 3.96. The molecule has 0 aliphatic rings. The molecule has 0 saturated carbocycles. The van der Waals surface area contributed by atoms with Crippen LogP contribution in [-0.2, 0) is 16.4 Å². The number of nitrogens with one attached hydrogen (secondary N) is 1. The van der Waals surface area contributed by atoms with E-state index in [0.717, 1.165) is 17.9 Å². The van der Waals surface area contributed by atoms with E-state index >= 15 is 0 Å². The third kappa shape index (κ3) is 4.46. The fourth-order valence-corrected chi connectivity index (χ4v) is 2.44. The van der Waals surface area contributed by atoms with E-state index in [1.807, 2.05) is 19.1 Å². The maximum Gasteiger partial charge on any atom is 0.175 e. The second kappa shape index (κ2) is 6.58. The molecule has 2 aromatic rings. The number of sulfone groups is 1. The van der Waals surface area contributed by atoms with Crippen LogP contribution in [0, 0.1) is 0 Å². The van der Waals surface area contributed by atoms with Crippen molar-refractivity contribution < 1.29 is 13.2 Å². The number of ether oxygens (including phenoxy) is 1. The molecule has 0 unspecified atom stereocenters. The highest BCUT2D eigenvalue weighted by atomic mass is 32.2. The highest BCUT2D eigenvalue weighted by Gasteiger charge is 2.06. The van der Waals surface area contributed by atoms with Crippen molar-refractivity contribution in [2.75, 3.05) is 18.1 Å². The molecule has 5 nitrogen and oxygen atoms in total. The summed E-state index contributed by atoms with van der Waals surface area (Å²) >= 11 is 0. The van der Waals surface area contributed by atoms with Crippen LogP contribution in [0.4, 0.5) is 5.69 Å². The maximum atomic E-state index is 11.4. The summed E-state index contributed by atoms with van der Waals surface area (Å²) in [4.78, 5) is 4.51. The standard InChI is InChI=1S/C15H18N2O3S/c1-3-16-12-8-9-17-13(10-12)11-20-14-4-6-15(7-5-14)21(2,18)19/h4-10H,3,11H2,1-2H3,(H,16,17). The fraction of sp³-hybridized carbons (Fsp3) is 0.267. The van der Waals surface area contributed by atoms with Crippen molar-refractivity contribution >= 4 is 15.5 Å². The number of hydrogen-bond donors (Lipinski definition) is 1. The zero-order valence-electron chi connectivity index (χ0n) is 12.0. The summed E-state index contributed by atoms with van der Waals surface area (Å²) in [6.45, 7) is 3.20. The highest BCUT2D eigenvalue weighted by Crippen LogP contribution is 2.17. The number of nitrogens with zero attached hydrogens (tertiary/aromatic N) is 1. The molecule has 0 spiro atoms. The Labute approximate surface area is 124 Å². The molecule has 0 bridgehead atoms. The minimum atomic E-state index is -3.17. The van der Waals surface area contributed by atoms with E-state index in [4.69, 9.17) is 4.74 Å². The molecule has 21 heavy (non-hydrogen) atoms. The summed E-state index contributed by atoms with van der Waals surface area (Å²) in [6, 6.07) is 10.2. The van der Waals surface area contributed by atoms with Crippen LogP contribution in [0.5, 0.6) is 5.75 Å². The van der Waals surface area contributed by atoms with Gasteiger partial charge < -0.3 is 10.1 Å². The molecule has 1 heterocycles. The van der Waals surface area contributed by atoms with Crippen LogP contribution in [-0.4, -0.2) is 26.2 Å². The number of hydrogen-bond acceptors (Lipinski definition) is 5. The van der Waals surface area contributed by atoms with Crippen LogP contribution in [0.1, 0.15) is 12.6 Å². The largest absolute Gasteiger partial charge is 0.487 e. The zero-order valence-corrected chi connectivity index (χ0v) is 12.9. The molecule has 0 amide bonds. The molecular formula is C15H18N2O3S. The molecule has 1 aromatic carbocycles. The molecule has 1 N–H and O–H groups in total. The lowest BCUT2D eigenvalue weighted by Crippen LogP contribution is -2.02. The van der Waals surface area contributed by atoms with E-state index in [9.17, 15) is 8.42 Å². The monoisotopic (exact) mass is 306 g/mol. The Bertz CT molecular complexity index is 697. The van der Waals surface area contributed by atoms with Gasteiger partial charge in [0.05, 0.1) is 10.6 Å². The summed E-state index contributed by atoms with van der Waals surface area (Å²) in [5, 5.41) is 3.21. The van der Waals surface area contributed by atoms with Gasteiger partial charge in [0.15, 0.2) is 9.84 Å². The Kier molecular flexibility index (Phi) is 4.80. The van der Waals surface area contributed by atoms with Crippen LogP contribution < -0.4 is 10.1 Å². The first-order valence-corrected chi connectivity index (χ1v) is 8.50. The maximum absolute atomic E-state index is 11.4. The van der Waals surface area contributed by atoms with Gasteiger partial charge in [-0.25, -0.2) is 8.42 Å². The normalized spacial score (nSPS) is 11.1. The first-order valence-electron chi connectivity index (χ1n) is 6.61. The molecule has 0 aliphatic heterocycles. The first-order chi connectivity index (χ1) is 9.99. The van der Waals surface area contributed by atoms with Crippen molar-refractivity contribution in [2.24, 2.45) is 0 Å². The minimum Gasteiger partial charge on any atom is -0.487 e. The molecule has 0 radical (unpaired) electrons. The van der Waals surface area contributed by atoms with E-state index in [1.165, 1.54) is 18.4 Å². The minimum absolute atomic E-state index is 0.280. The van der Waals surface area contributed by atoms with Crippen LogP contribution in [0.15, 0.2) is 47.5 Å². The van der Waals surface area contributed by atoms with Crippen molar-refractivity contribution in [1.29, 1.82) is 0 Å². The number of aromatic nitrogens is 1. The van der Waals surface area contributed by atoms with E-state index in [0.29, 0.717) is 12.4 Å². The average Bonchev–Trinajstić information content (AvgIpc) is 2.45. The summed E-state index contributed by atoms with van der Waals surface area (Å²) in [6.07, 6.45) is 2.91. The van der Waals surface area contributed by atoms with Gasteiger partial charge in [-0.3, -0.25) is 4.98 Å². The van der Waals surface area contributed by atoms with Crippen LogP contribution in [0.25, 0.3) is 0 Å². The number of pyridine rings is 1. The van der Waals surface area contributed by atoms with Crippen LogP contribution in [0.2, 0.25) is 0 Å². The molecule has 0 saturated heterocycles. The quantitative estimate of drug-likeness (QED) is 0.888. The molecular weight excluding hydrogens is 288 g/mol. The van der Waals surface area contributed by atoms with Gasteiger partial charge in [0, 0.05) is 24.7 Å². The lowest BCUT2D eigenvalue weighted by Gasteiger charge is -2.08. The summed E-state index contributed by atoms with van der Waals surface area (Å²) in [7, 11) is -3.17. The Balaban J connectivity index is 2.01. The molecule has 2 rings (SSSR count). The van der Waals surface area contributed by atoms with Gasteiger partial charge in [-0.05, 0) is 43.3 Å². The Hall–Kier alpha value is -2.08. The molecule has 1 aromatic heterocycles. The molecule has 0 atom stereocenters. The van der Waals surface area contributed by atoms with Gasteiger partial charge in [0.2, 0.25) is 0 Å². The second-order valence-electron chi connectivity index (χ2n) is 4.60. The van der Waals surface area contributed by atoms with Gasteiger partial charge in [0.25, 0.3) is 0 Å². The number of rotatable bonds is 6. The Morgan fingerprint density at radius 1 is 1.19 bits per heavy atom. The van der Waals surface area contributed by atoms with Gasteiger partial charge in [-0.1, -0.05) is 0 Å². The molecule has 0 aliphatic carbocycles. The average molecular weight is 306 g/mol. The number of anilines is 1. The fourth-order valence-electron chi connectivity index (χ4n) is 1.81. The van der Waals surface area contributed by atoms with Gasteiger partial charge in [-0.15, -0.1) is 0 Å². The Morgan fingerprint density at radius 2 is 1.90 bits per heavy atom. The van der Waals surface area contributed by atoms with Crippen molar-refractivity contribution in [3.8, 4) is 5.75 Å². The molecule has 6 heteroatoms.